The maximum atomic E-state index is 11.8. The molecule has 1 aromatic rings. The molecule has 0 saturated heterocycles. The molecule has 3 amide bonds. The monoisotopic (exact) mass is 311 g/mol. The van der Waals surface area contributed by atoms with Gasteiger partial charge in [0.1, 0.15) is 6.54 Å². The summed E-state index contributed by atoms with van der Waals surface area (Å²) in [7, 11) is 0. The van der Waals surface area contributed by atoms with Gasteiger partial charge in [0.15, 0.2) is 0 Å². The normalized spacial score (nSPS) is 21.8. The van der Waals surface area contributed by atoms with Crippen molar-refractivity contribution in [2.45, 2.75) is 52.1 Å². The van der Waals surface area contributed by atoms with Crippen LogP contribution in [0.2, 0.25) is 0 Å². The highest BCUT2D eigenvalue weighted by Gasteiger charge is 2.23. The van der Waals surface area contributed by atoms with Gasteiger partial charge in [-0.1, -0.05) is 31.1 Å². The molecular weight excluding hydrogens is 290 g/mol. The number of imide groups is 1. The summed E-state index contributed by atoms with van der Waals surface area (Å²) in [4.78, 5) is 35.0. The van der Waals surface area contributed by atoms with E-state index in [0.29, 0.717) is 5.92 Å². The van der Waals surface area contributed by atoms with Gasteiger partial charge in [-0.3, -0.25) is 19.5 Å². The Kier molecular flexibility index (Phi) is 5.17. The van der Waals surface area contributed by atoms with Gasteiger partial charge in [0.2, 0.25) is 5.91 Å². The lowest BCUT2D eigenvalue weighted by molar-refractivity contribution is -0.120. The van der Waals surface area contributed by atoms with Gasteiger partial charge in [-0.05, 0) is 25.7 Å². The molecule has 2 rings (SSSR count). The molecule has 0 spiro atoms. The van der Waals surface area contributed by atoms with Crippen molar-refractivity contribution in [1.82, 2.24) is 15.2 Å². The number of urea groups is 1. The summed E-state index contributed by atoms with van der Waals surface area (Å²) >= 11 is 1.05. The minimum Gasteiger partial charge on any atom is -0.335 e. The van der Waals surface area contributed by atoms with E-state index < -0.39 is 11.9 Å². The van der Waals surface area contributed by atoms with Crippen LogP contribution in [0.25, 0.3) is 0 Å². The molecule has 2 N–H and O–H groups in total. The second-order valence-corrected chi connectivity index (χ2v) is 6.44. The summed E-state index contributed by atoms with van der Waals surface area (Å²) in [5.74, 6) is -0.0408. The molecule has 116 valence electrons. The van der Waals surface area contributed by atoms with Crippen molar-refractivity contribution in [3.63, 3.8) is 0 Å². The third-order valence-corrected chi connectivity index (χ3v) is 4.84. The number of carbonyl (C=O) groups is 2. The van der Waals surface area contributed by atoms with Crippen molar-refractivity contribution in [3.8, 4) is 0 Å². The number of hydrogen-bond donors (Lipinski definition) is 2. The molecule has 2 atom stereocenters. The van der Waals surface area contributed by atoms with E-state index in [0.717, 1.165) is 36.3 Å². The quantitative estimate of drug-likeness (QED) is 0.890. The highest BCUT2D eigenvalue weighted by atomic mass is 32.1. The molecule has 7 heteroatoms. The zero-order valence-electron chi connectivity index (χ0n) is 12.3. The van der Waals surface area contributed by atoms with Crippen LogP contribution in [0.4, 0.5) is 4.79 Å². The predicted octanol–water partition coefficient (Wildman–Crippen LogP) is 1.62. The second kappa shape index (κ2) is 6.89. The summed E-state index contributed by atoms with van der Waals surface area (Å²) in [6, 6.07) is -0.350. The highest BCUT2D eigenvalue weighted by molar-refractivity contribution is 7.07. The zero-order valence-corrected chi connectivity index (χ0v) is 13.2. The lowest BCUT2D eigenvalue weighted by Crippen LogP contribution is -2.48. The number of rotatable bonds is 3. The molecular formula is C14H21N3O3S. The predicted molar refractivity (Wildman–Crippen MR) is 81.4 cm³/mol. The van der Waals surface area contributed by atoms with E-state index in [1.165, 1.54) is 11.0 Å². The van der Waals surface area contributed by atoms with Gasteiger partial charge in [-0.25, -0.2) is 4.79 Å². The Hall–Kier alpha value is -1.63. The number of amides is 3. The molecule has 0 aliphatic heterocycles. The van der Waals surface area contributed by atoms with Crippen molar-refractivity contribution in [1.29, 1.82) is 0 Å². The summed E-state index contributed by atoms with van der Waals surface area (Å²) in [5, 5.41) is 6.84. The molecule has 0 unspecified atom stereocenters. The number of nitrogens with one attached hydrogen (secondary N) is 2. The highest BCUT2D eigenvalue weighted by Crippen LogP contribution is 2.23. The second-order valence-electron chi connectivity index (χ2n) is 5.62. The van der Waals surface area contributed by atoms with Crippen LogP contribution in [0.15, 0.2) is 10.2 Å². The minimum absolute atomic E-state index is 0.122. The summed E-state index contributed by atoms with van der Waals surface area (Å²) in [5.41, 5.74) is 0.724. The first-order valence-electron chi connectivity index (χ1n) is 7.22. The first-order chi connectivity index (χ1) is 9.97. The summed E-state index contributed by atoms with van der Waals surface area (Å²) in [6.07, 6.45) is 4.35. The van der Waals surface area contributed by atoms with Crippen LogP contribution in [0.1, 0.15) is 38.3 Å². The smallest absolute Gasteiger partial charge is 0.321 e. The standard InChI is InChI=1S/C14H21N3O3S/c1-9-5-3-4-6-11(9)15-13(19)16-12(18)7-17-10(2)8-21-14(17)20/h8-9,11H,3-7H2,1-2H3,(H2,15,16,18,19)/t9-,11+/m1/s1. The number of hydrogen-bond acceptors (Lipinski definition) is 4. The van der Waals surface area contributed by atoms with Gasteiger partial charge >= 0.3 is 10.9 Å². The van der Waals surface area contributed by atoms with Gasteiger partial charge in [-0.15, -0.1) is 0 Å². The van der Waals surface area contributed by atoms with E-state index in [2.05, 4.69) is 17.6 Å². The van der Waals surface area contributed by atoms with Crippen molar-refractivity contribution in [3.05, 3.63) is 20.7 Å². The SMILES string of the molecule is Cc1csc(=O)n1CC(=O)NC(=O)N[C@H]1CCCC[C@H]1C. The number of nitrogens with zero attached hydrogens (tertiary/aromatic N) is 1. The Morgan fingerprint density at radius 2 is 2.10 bits per heavy atom. The van der Waals surface area contributed by atoms with Gasteiger partial charge in [-0.2, -0.15) is 0 Å². The lowest BCUT2D eigenvalue weighted by atomic mass is 9.86. The van der Waals surface area contributed by atoms with E-state index in [1.54, 1.807) is 12.3 Å². The van der Waals surface area contributed by atoms with Gasteiger partial charge in [0.05, 0.1) is 0 Å². The van der Waals surface area contributed by atoms with Crippen molar-refractivity contribution in [2.75, 3.05) is 0 Å². The molecule has 1 aromatic heterocycles. The molecule has 1 saturated carbocycles. The molecule has 1 fully saturated rings. The van der Waals surface area contributed by atoms with Crippen molar-refractivity contribution < 1.29 is 9.59 Å². The maximum Gasteiger partial charge on any atom is 0.321 e. The first kappa shape index (κ1) is 15.8. The van der Waals surface area contributed by atoms with Gasteiger partial charge in [0, 0.05) is 17.1 Å². The minimum atomic E-state index is -0.473. The Labute approximate surface area is 127 Å². The first-order valence-corrected chi connectivity index (χ1v) is 8.10. The van der Waals surface area contributed by atoms with Crippen LogP contribution >= 0.6 is 11.3 Å². The molecule has 6 nitrogen and oxygen atoms in total. The molecule has 0 radical (unpaired) electrons. The van der Waals surface area contributed by atoms with E-state index in [1.807, 2.05) is 0 Å². The Morgan fingerprint density at radius 3 is 2.71 bits per heavy atom. The average molecular weight is 311 g/mol. The van der Waals surface area contributed by atoms with Crippen LogP contribution in [-0.2, 0) is 11.3 Å². The fourth-order valence-electron chi connectivity index (χ4n) is 2.64. The van der Waals surface area contributed by atoms with Crippen molar-refractivity contribution in [2.24, 2.45) is 5.92 Å². The third kappa shape index (κ3) is 4.17. The third-order valence-electron chi connectivity index (χ3n) is 3.96. The summed E-state index contributed by atoms with van der Waals surface area (Å²) in [6.45, 7) is 3.75. The maximum absolute atomic E-state index is 11.8. The fourth-order valence-corrected chi connectivity index (χ4v) is 3.38. The van der Waals surface area contributed by atoms with E-state index in [4.69, 9.17) is 0 Å². The van der Waals surface area contributed by atoms with Gasteiger partial charge < -0.3 is 5.32 Å². The van der Waals surface area contributed by atoms with Crippen molar-refractivity contribution >= 4 is 23.3 Å². The molecule has 0 bridgehead atoms. The fraction of sp³-hybridized carbons (Fsp3) is 0.643. The van der Waals surface area contributed by atoms with E-state index >= 15 is 0 Å². The molecule has 1 heterocycles. The number of carbonyl (C=O) groups excluding carboxylic acids is 2. The van der Waals surface area contributed by atoms with Crippen LogP contribution in [0.3, 0.4) is 0 Å². The van der Waals surface area contributed by atoms with Crippen LogP contribution in [0, 0.1) is 12.8 Å². The number of aryl methyl sites for hydroxylation is 1. The largest absolute Gasteiger partial charge is 0.335 e. The van der Waals surface area contributed by atoms with E-state index in [-0.39, 0.29) is 17.5 Å². The molecule has 21 heavy (non-hydrogen) atoms. The Bertz CT molecular complexity index is 578. The van der Waals surface area contributed by atoms with Crippen LogP contribution < -0.4 is 15.5 Å². The topological polar surface area (TPSA) is 80.2 Å². The Balaban J connectivity index is 1.85. The van der Waals surface area contributed by atoms with E-state index in [9.17, 15) is 14.4 Å². The lowest BCUT2D eigenvalue weighted by Gasteiger charge is -2.29. The molecule has 1 aliphatic rings. The Morgan fingerprint density at radius 1 is 1.38 bits per heavy atom. The zero-order chi connectivity index (χ0) is 15.4. The molecule has 1 aliphatic carbocycles. The van der Waals surface area contributed by atoms with Crippen LogP contribution in [0.5, 0.6) is 0 Å². The van der Waals surface area contributed by atoms with Crippen LogP contribution in [-0.4, -0.2) is 22.5 Å². The summed E-state index contributed by atoms with van der Waals surface area (Å²) < 4.78 is 1.36. The molecule has 0 aromatic carbocycles. The van der Waals surface area contributed by atoms with Gasteiger partial charge in [0.25, 0.3) is 0 Å². The number of aromatic nitrogens is 1. The average Bonchev–Trinajstić information content (AvgIpc) is 2.73. The number of thiazole rings is 1.